The summed E-state index contributed by atoms with van der Waals surface area (Å²) in [6.45, 7) is 8.36. The predicted molar refractivity (Wildman–Crippen MR) is 82.5 cm³/mol. The van der Waals surface area contributed by atoms with Gasteiger partial charge in [-0.05, 0) is 50.5 Å². The van der Waals surface area contributed by atoms with Crippen molar-refractivity contribution in [2.45, 2.75) is 27.7 Å². The van der Waals surface area contributed by atoms with Crippen molar-refractivity contribution in [2.75, 3.05) is 11.9 Å². The van der Waals surface area contributed by atoms with E-state index in [0.29, 0.717) is 12.2 Å². The maximum Gasteiger partial charge on any atom is 0.337 e. The Labute approximate surface area is 123 Å². The number of nitrogens with one attached hydrogen (secondary N) is 1. The van der Waals surface area contributed by atoms with E-state index in [0.717, 1.165) is 22.3 Å². The van der Waals surface area contributed by atoms with E-state index in [1.165, 1.54) is 6.33 Å². The predicted octanol–water partition coefficient (Wildman–Crippen LogP) is 3.41. The molecule has 0 atom stereocenters. The number of hydrogen-bond acceptors (Lipinski definition) is 5. The lowest BCUT2D eigenvalue weighted by atomic mass is 9.98. The van der Waals surface area contributed by atoms with Crippen molar-refractivity contribution < 1.29 is 4.92 Å². The van der Waals surface area contributed by atoms with Crippen LogP contribution in [0.25, 0.3) is 11.3 Å². The van der Waals surface area contributed by atoms with Gasteiger partial charge in [-0.25, -0.2) is 9.97 Å². The lowest BCUT2D eigenvalue weighted by Crippen LogP contribution is -2.06. The highest BCUT2D eigenvalue weighted by atomic mass is 16.6. The Hall–Kier alpha value is -2.50. The number of nitrogens with zero attached hydrogens (tertiary/aromatic N) is 3. The number of aryl methyl sites for hydroxylation is 3. The van der Waals surface area contributed by atoms with Crippen LogP contribution < -0.4 is 5.32 Å². The van der Waals surface area contributed by atoms with Crippen LogP contribution in [0, 0.1) is 30.9 Å². The first-order valence-corrected chi connectivity index (χ1v) is 6.77. The second-order valence-electron chi connectivity index (χ2n) is 4.96. The zero-order valence-corrected chi connectivity index (χ0v) is 12.6. The van der Waals surface area contributed by atoms with Crippen LogP contribution in [0.15, 0.2) is 18.5 Å². The van der Waals surface area contributed by atoms with Gasteiger partial charge in [0.25, 0.3) is 0 Å². The number of aromatic nitrogens is 2. The third-order valence-corrected chi connectivity index (χ3v) is 3.44. The first-order valence-electron chi connectivity index (χ1n) is 6.77. The normalized spacial score (nSPS) is 10.5. The van der Waals surface area contributed by atoms with Gasteiger partial charge in [-0.3, -0.25) is 10.1 Å². The monoisotopic (exact) mass is 286 g/mol. The van der Waals surface area contributed by atoms with Gasteiger partial charge in [-0.1, -0.05) is 6.07 Å². The second kappa shape index (κ2) is 5.87. The largest absolute Gasteiger partial charge is 0.365 e. The van der Waals surface area contributed by atoms with Gasteiger partial charge in [-0.15, -0.1) is 0 Å². The molecule has 0 radical (unpaired) electrons. The van der Waals surface area contributed by atoms with Crippen molar-refractivity contribution in [3.05, 3.63) is 45.3 Å². The summed E-state index contributed by atoms with van der Waals surface area (Å²) in [4.78, 5) is 19.1. The molecule has 21 heavy (non-hydrogen) atoms. The van der Waals surface area contributed by atoms with Crippen LogP contribution in [0.1, 0.15) is 23.6 Å². The van der Waals surface area contributed by atoms with Gasteiger partial charge < -0.3 is 5.32 Å². The molecule has 0 bridgehead atoms. The smallest absolute Gasteiger partial charge is 0.337 e. The third kappa shape index (κ3) is 2.84. The molecule has 6 heteroatoms. The zero-order chi connectivity index (χ0) is 15.6. The lowest BCUT2D eigenvalue weighted by molar-refractivity contribution is -0.383. The topological polar surface area (TPSA) is 81.0 Å². The fourth-order valence-corrected chi connectivity index (χ4v) is 2.26. The van der Waals surface area contributed by atoms with Gasteiger partial charge in [0.1, 0.15) is 6.33 Å². The Morgan fingerprint density at radius 1 is 1.14 bits per heavy atom. The van der Waals surface area contributed by atoms with E-state index in [1.807, 2.05) is 39.8 Å². The number of benzene rings is 1. The van der Waals surface area contributed by atoms with Gasteiger partial charge in [0.15, 0.2) is 5.69 Å². The Kier molecular flexibility index (Phi) is 4.16. The fraction of sp³-hybridized carbons (Fsp3) is 0.333. The van der Waals surface area contributed by atoms with E-state index in [1.54, 1.807) is 0 Å². The molecule has 110 valence electrons. The Bertz CT molecular complexity index is 698. The molecule has 6 nitrogen and oxygen atoms in total. The highest BCUT2D eigenvalue weighted by molar-refractivity contribution is 5.79. The maximum atomic E-state index is 11.4. The summed E-state index contributed by atoms with van der Waals surface area (Å²) < 4.78 is 0. The Morgan fingerprint density at radius 2 is 1.81 bits per heavy atom. The van der Waals surface area contributed by atoms with Gasteiger partial charge >= 0.3 is 5.69 Å². The van der Waals surface area contributed by atoms with E-state index in [-0.39, 0.29) is 11.5 Å². The van der Waals surface area contributed by atoms with E-state index < -0.39 is 4.92 Å². The van der Waals surface area contributed by atoms with Crippen molar-refractivity contribution in [3.8, 4) is 11.3 Å². The molecule has 2 rings (SSSR count). The molecule has 1 N–H and O–H groups in total. The van der Waals surface area contributed by atoms with Crippen LogP contribution >= 0.6 is 0 Å². The fourth-order valence-electron chi connectivity index (χ4n) is 2.26. The average Bonchev–Trinajstić information content (AvgIpc) is 2.42. The summed E-state index contributed by atoms with van der Waals surface area (Å²) in [5.41, 5.74) is 4.24. The summed E-state index contributed by atoms with van der Waals surface area (Å²) in [6, 6.07) is 3.96. The summed E-state index contributed by atoms with van der Waals surface area (Å²) in [5.74, 6) is 0.255. The molecule has 0 unspecified atom stereocenters. The molecular formula is C15H18N4O2. The molecular weight excluding hydrogens is 268 g/mol. The van der Waals surface area contributed by atoms with Crippen LogP contribution in [0.5, 0.6) is 0 Å². The molecule has 0 saturated heterocycles. The van der Waals surface area contributed by atoms with Crippen molar-refractivity contribution >= 4 is 11.5 Å². The second-order valence-corrected chi connectivity index (χ2v) is 4.96. The molecule has 0 aliphatic rings. The molecule has 0 fully saturated rings. The van der Waals surface area contributed by atoms with E-state index in [9.17, 15) is 10.1 Å². The van der Waals surface area contributed by atoms with E-state index in [4.69, 9.17) is 0 Å². The van der Waals surface area contributed by atoms with Gasteiger partial charge in [0, 0.05) is 12.1 Å². The summed E-state index contributed by atoms with van der Waals surface area (Å²) in [6.07, 6.45) is 1.36. The first kappa shape index (κ1) is 14.9. The first-order chi connectivity index (χ1) is 9.95. The van der Waals surface area contributed by atoms with Crippen molar-refractivity contribution in [3.63, 3.8) is 0 Å². The Morgan fingerprint density at radius 3 is 2.43 bits per heavy atom. The van der Waals surface area contributed by atoms with Crippen LogP contribution in [0.4, 0.5) is 11.5 Å². The SMILES string of the molecule is CCNc1ncnc(-c2cc(C)c(C)cc2C)c1[N+](=O)[O-]. The zero-order valence-electron chi connectivity index (χ0n) is 12.6. The molecule has 2 aromatic rings. The number of hydrogen-bond donors (Lipinski definition) is 1. The van der Waals surface area contributed by atoms with Crippen LogP contribution in [-0.2, 0) is 0 Å². The maximum absolute atomic E-state index is 11.4. The van der Waals surface area contributed by atoms with Gasteiger partial charge in [-0.2, -0.15) is 0 Å². The number of anilines is 1. The Balaban J connectivity index is 2.72. The van der Waals surface area contributed by atoms with Crippen molar-refractivity contribution in [1.29, 1.82) is 0 Å². The molecule has 0 amide bonds. The summed E-state index contributed by atoms with van der Waals surface area (Å²) in [7, 11) is 0. The summed E-state index contributed by atoms with van der Waals surface area (Å²) >= 11 is 0. The molecule has 0 aliphatic carbocycles. The standard InChI is InChI=1S/C15H18N4O2/c1-5-16-15-14(19(20)21)13(17-8-18-15)12-7-10(3)9(2)6-11(12)4/h6-8H,5H2,1-4H3,(H,16,17,18). The van der Waals surface area contributed by atoms with Crippen LogP contribution in [0.2, 0.25) is 0 Å². The molecule has 1 aromatic carbocycles. The molecule has 0 saturated carbocycles. The molecule has 1 heterocycles. The minimum atomic E-state index is -0.429. The quantitative estimate of drug-likeness (QED) is 0.688. The van der Waals surface area contributed by atoms with Gasteiger partial charge in [0.05, 0.1) is 4.92 Å². The van der Waals surface area contributed by atoms with Crippen LogP contribution in [0.3, 0.4) is 0 Å². The molecule has 0 aliphatic heterocycles. The van der Waals surface area contributed by atoms with E-state index >= 15 is 0 Å². The average molecular weight is 286 g/mol. The van der Waals surface area contributed by atoms with Crippen molar-refractivity contribution in [2.24, 2.45) is 0 Å². The van der Waals surface area contributed by atoms with E-state index in [2.05, 4.69) is 15.3 Å². The minimum absolute atomic E-state index is 0.0781. The van der Waals surface area contributed by atoms with Crippen molar-refractivity contribution in [1.82, 2.24) is 9.97 Å². The highest BCUT2D eigenvalue weighted by Crippen LogP contribution is 2.35. The number of rotatable bonds is 4. The highest BCUT2D eigenvalue weighted by Gasteiger charge is 2.24. The van der Waals surface area contributed by atoms with Gasteiger partial charge in [0.2, 0.25) is 5.82 Å². The third-order valence-electron chi connectivity index (χ3n) is 3.44. The lowest BCUT2D eigenvalue weighted by Gasteiger charge is -2.11. The molecule has 0 spiro atoms. The number of nitro groups is 1. The minimum Gasteiger partial charge on any atom is -0.365 e. The summed E-state index contributed by atoms with van der Waals surface area (Å²) in [5, 5.41) is 14.4. The van der Waals surface area contributed by atoms with Crippen LogP contribution in [-0.4, -0.2) is 21.4 Å². The molecule has 1 aromatic heterocycles.